The Balaban J connectivity index is 4.10. The summed E-state index contributed by atoms with van der Waals surface area (Å²) in [5.74, 6) is -2.85. The molecule has 0 aliphatic heterocycles. The van der Waals surface area contributed by atoms with Crippen molar-refractivity contribution in [2.75, 3.05) is 7.11 Å². The Labute approximate surface area is 86.8 Å². The number of hydrazine groups is 1. The van der Waals surface area contributed by atoms with Crippen LogP contribution in [-0.4, -0.2) is 36.1 Å². The number of methoxy groups -OCH3 is 1. The molecule has 0 fully saturated rings. The van der Waals surface area contributed by atoms with Crippen LogP contribution in [0.1, 0.15) is 13.8 Å². The highest BCUT2D eigenvalue weighted by atomic mass is 16.5. The highest BCUT2D eigenvalue weighted by Crippen LogP contribution is 2.00. The maximum Gasteiger partial charge on any atom is 0.421 e. The third kappa shape index (κ3) is 4.41. The van der Waals surface area contributed by atoms with Crippen LogP contribution in [-0.2, 0) is 14.3 Å². The number of ketones is 1. The summed E-state index contributed by atoms with van der Waals surface area (Å²) in [6.07, 6.45) is -0.752. The standard InChI is InChI=1S/C8H14N2O5/c1-4(7(12)13)6(11)5(2)9-10-8(14)15-3/h4-5,9H,1-3H3,(H,10,14)(H,12,13)/t4?,5-/m1/s1. The number of ether oxygens (including phenoxy) is 1. The second-order valence-electron chi connectivity index (χ2n) is 2.94. The molecule has 1 unspecified atom stereocenters. The number of aliphatic carboxylic acids is 1. The van der Waals surface area contributed by atoms with Gasteiger partial charge < -0.3 is 9.84 Å². The van der Waals surface area contributed by atoms with Crippen LogP contribution < -0.4 is 10.9 Å². The Morgan fingerprint density at radius 1 is 1.27 bits per heavy atom. The van der Waals surface area contributed by atoms with Gasteiger partial charge in [-0.3, -0.25) is 15.0 Å². The van der Waals surface area contributed by atoms with E-state index in [0.29, 0.717) is 0 Å². The number of amides is 1. The fourth-order valence-electron chi connectivity index (χ4n) is 0.786. The lowest BCUT2D eigenvalue weighted by atomic mass is 10.0. The first kappa shape index (κ1) is 13.4. The van der Waals surface area contributed by atoms with Crippen molar-refractivity contribution in [1.82, 2.24) is 10.9 Å². The maximum atomic E-state index is 11.3. The summed E-state index contributed by atoms with van der Waals surface area (Å²) in [5, 5.41) is 8.56. The quantitative estimate of drug-likeness (QED) is 0.425. The molecule has 0 aromatic carbocycles. The van der Waals surface area contributed by atoms with Crippen LogP contribution in [0, 0.1) is 5.92 Å². The minimum atomic E-state index is -1.20. The van der Waals surface area contributed by atoms with Crippen LogP contribution in [0.4, 0.5) is 4.79 Å². The van der Waals surface area contributed by atoms with Crippen LogP contribution >= 0.6 is 0 Å². The SMILES string of the molecule is COC(=O)NN[C@H](C)C(=O)C(C)C(=O)O. The topological polar surface area (TPSA) is 105 Å². The Bertz CT molecular complexity index is 266. The van der Waals surface area contributed by atoms with Crippen LogP contribution in [0.25, 0.3) is 0 Å². The molecule has 15 heavy (non-hydrogen) atoms. The molecule has 0 bridgehead atoms. The van der Waals surface area contributed by atoms with E-state index in [1.807, 2.05) is 0 Å². The molecule has 7 nitrogen and oxygen atoms in total. The predicted octanol–water partition coefficient (Wildman–Crippen LogP) is -0.475. The average molecular weight is 218 g/mol. The first-order chi connectivity index (χ1) is 6.90. The van der Waals surface area contributed by atoms with E-state index in [4.69, 9.17) is 5.11 Å². The molecule has 0 spiro atoms. The molecule has 0 aromatic heterocycles. The number of hydrogen-bond acceptors (Lipinski definition) is 5. The Hall–Kier alpha value is -1.63. The van der Waals surface area contributed by atoms with Gasteiger partial charge in [-0.15, -0.1) is 0 Å². The predicted molar refractivity (Wildman–Crippen MR) is 49.9 cm³/mol. The Morgan fingerprint density at radius 2 is 1.80 bits per heavy atom. The van der Waals surface area contributed by atoms with Crippen molar-refractivity contribution in [2.24, 2.45) is 5.92 Å². The fourth-order valence-corrected chi connectivity index (χ4v) is 0.786. The van der Waals surface area contributed by atoms with Gasteiger partial charge in [0.2, 0.25) is 0 Å². The summed E-state index contributed by atoms with van der Waals surface area (Å²) >= 11 is 0. The molecule has 0 rings (SSSR count). The number of rotatable bonds is 5. The fraction of sp³-hybridized carbons (Fsp3) is 0.625. The summed E-state index contributed by atoms with van der Waals surface area (Å²) < 4.78 is 4.25. The second-order valence-corrected chi connectivity index (χ2v) is 2.94. The summed E-state index contributed by atoms with van der Waals surface area (Å²) in [6.45, 7) is 2.72. The van der Waals surface area contributed by atoms with Crippen LogP contribution in [0.5, 0.6) is 0 Å². The van der Waals surface area contributed by atoms with Crippen molar-refractivity contribution in [2.45, 2.75) is 19.9 Å². The molecule has 0 aliphatic rings. The van der Waals surface area contributed by atoms with E-state index in [1.165, 1.54) is 21.0 Å². The van der Waals surface area contributed by atoms with E-state index in [1.54, 1.807) is 0 Å². The normalized spacial score (nSPS) is 13.8. The summed E-state index contributed by atoms with van der Waals surface area (Å²) in [6, 6.07) is -0.796. The molecule has 0 radical (unpaired) electrons. The molecule has 0 aromatic rings. The van der Waals surface area contributed by atoms with Crippen molar-refractivity contribution in [3.05, 3.63) is 0 Å². The van der Waals surface area contributed by atoms with Gasteiger partial charge in [-0.1, -0.05) is 0 Å². The van der Waals surface area contributed by atoms with Gasteiger partial charge in [0.05, 0.1) is 13.2 Å². The zero-order valence-electron chi connectivity index (χ0n) is 8.73. The molecule has 86 valence electrons. The number of nitrogens with one attached hydrogen (secondary N) is 2. The molecule has 0 aliphatic carbocycles. The van der Waals surface area contributed by atoms with Gasteiger partial charge in [-0.05, 0) is 13.8 Å². The van der Waals surface area contributed by atoms with E-state index in [9.17, 15) is 14.4 Å². The van der Waals surface area contributed by atoms with Gasteiger partial charge in [0.25, 0.3) is 0 Å². The Morgan fingerprint density at radius 3 is 2.20 bits per heavy atom. The third-order valence-electron chi connectivity index (χ3n) is 1.80. The average Bonchev–Trinajstić information content (AvgIpc) is 2.22. The van der Waals surface area contributed by atoms with Crippen molar-refractivity contribution in [3.8, 4) is 0 Å². The molecule has 0 heterocycles. The lowest BCUT2D eigenvalue weighted by Crippen LogP contribution is -2.48. The van der Waals surface area contributed by atoms with Gasteiger partial charge in [0, 0.05) is 0 Å². The molecular weight excluding hydrogens is 204 g/mol. The van der Waals surface area contributed by atoms with E-state index in [-0.39, 0.29) is 0 Å². The van der Waals surface area contributed by atoms with E-state index in [2.05, 4.69) is 15.6 Å². The third-order valence-corrected chi connectivity index (χ3v) is 1.80. The summed E-state index contributed by atoms with van der Waals surface area (Å²) in [7, 11) is 1.17. The summed E-state index contributed by atoms with van der Waals surface area (Å²) in [5.41, 5.74) is 4.41. The minimum absolute atomic E-state index is 0.529. The zero-order valence-corrected chi connectivity index (χ0v) is 8.73. The summed E-state index contributed by atoms with van der Waals surface area (Å²) in [4.78, 5) is 32.4. The molecule has 0 saturated carbocycles. The molecule has 7 heteroatoms. The van der Waals surface area contributed by atoms with Crippen LogP contribution in [0.2, 0.25) is 0 Å². The zero-order chi connectivity index (χ0) is 12.0. The molecule has 1 amide bonds. The minimum Gasteiger partial charge on any atom is -0.481 e. The molecule has 2 atom stereocenters. The van der Waals surface area contributed by atoms with E-state index >= 15 is 0 Å². The van der Waals surface area contributed by atoms with Gasteiger partial charge in [0.1, 0.15) is 5.92 Å². The lowest BCUT2D eigenvalue weighted by Gasteiger charge is -2.14. The van der Waals surface area contributed by atoms with Crippen LogP contribution in [0.15, 0.2) is 0 Å². The number of carbonyl (C=O) groups is 3. The van der Waals surface area contributed by atoms with Gasteiger partial charge in [-0.25, -0.2) is 10.2 Å². The van der Waals surface area contributed by atoms with Crippen molar-refractivity contribution in [3.63, 3.8) is 0 Å². The van der Waals surface area contributed by atoms with Crippen LogP contribution in [0.3, 0.4) is 0 Å². The highest BCUT2D eigenvalue weighted by Gasteiger charge is 2.25. The number of hydrogen-bond donors (Lipinski definition) is 3. The smallest absolute Gasteiger partial charge is 0.421 e. The van der Waals surface area contributed by atoms with E-state index in [0.717, 1.165) is 0 Å². The highest BCUT2D eigenvalue weighted by molar-refractivity contribution is 6.00. The number of carboxylic acid groups (broad SMARTS) is 1. The van der Waals surface area contributed by atoms with Gasteiger partial charge in [-0.2, -0.15) is 0 Å². The maximum absolute atomic E-state index is 11.3. The number of carboxylic acids is 1. The Kier molecular flexibility index (Phi) is 5.32. The van der Waals surface area contributed by atoms with E-state index < -0.39 is 29.8 Å². The van der Waals surface area contributed by atoms with Gasteiger partial charge >= 0.3 is 12.1 Å². The molecule has 0 saturated heterocycles. The monoisotopic (exact) mass is 218 g/mol. The second kappa shape index (κ2) is 5.97. The molecule has 3 N–H and O–H groups in total. The largest absolute Gasteiger partial charge is 0.481 e. The molecular formula is C8H14N2O5. The number of carbonyl (C=O) groups excluding carboxylic acids is 2. The van der Waals surface area contributed by atoms with Crippen molar-refractivity contribution in [1.29, 1.82) is 0 Å². The van der Waals surface area contributed by atoms with Gasteiger partial charge in [0.15, 0.2) is 5.78 Å². The first-order valence-electron chi connectivity index (χ1n) is 4.26. The number of Topliss-reactive ketones (excluding diaryl/α,β-unsaturated/α-hetero) is 1. The first-order valence-corrected chi connectivity index (χ1v) is 4.26. The lowest BCUT2D eigenvalue weighted by molar-refractivity contribution is -0.146. The van der Waals surface area contributed by atoms with Crippen molar-refractivity contribution < 1.29 is 24.2 Å². The van der Waals surface area contributed by atoms with Crippen molar-refractivity contribution >= 4 is 17.8 Å².